The molecular formula is C12H18N2O3. The fourth-order valence-corrected chi connectivity index (χ4v) is 1.81. The van der Waals surface area contributed by atoms with Gasteiger partial charge in [-0.1, -0.05) is 0 Å². The highest BCUT2D eigenvalue weighted by molar-refractivity contribution is 5.76. The molecular weight excluding hydrogens is 220 g/mol. The third-order valence-electron chi connectivity index (χ3n) is 2.69. The largest absolute Gasteiger partial charge is 0.469 e. The van der Waals surface area contributed by atoms with E-state index in [2.05, 4.69) is 10.6 Å². The van der Waals surface area contributed by atoms with E-state index in [9.17, 15) is 4.79 Å². The van der Waals surface area contributed by atoms with E-state index in [1.165, 1.54) is 0 Å². The van der Waals surface area contributed by atoms with E-state index in [-0.39, 0.29) is 12.0 Å². The van der Waals surface area contributed by atoms with E-state index >= 15 is 0 Å². The average molecular weight is 238 g/mol. The normalized spacial score (nSPS) is 20.1. The number of nitrogens with one attached hydrogen (secondary N) is 2. The van der Waals surface area contributed by atoms with Crippen LogP contribution in [0.4, 0.5) is 0 Å². The minimum absolute atomic E-state index is 0.00682. The van der Waals surface area contributed by atoms with Gasteiger partial charge in [-0.25, -0.2) is 0 Å². The second-order valence-corrected chi connectivity index (χ2v) is 4.08. The number of amides is 1. The smallest absolute Gasteiger partial charge is 0.222 e. The van der Waals surface area contributed by atoms with Crippen LogP contribution in [0, 0.1) is 0 Å². The molecule has 1 saturated heterocycles. The molecule has 1 amide bonds. The second kappa shape index (κ2) is 6.42. The van der Waals surface area contributed by atoms with E-state index in [4.69, 9.17) is 9.15 Å². The lowest BCUT2D eigenvalue weighted by molar-refractivity contribution is -0.124. The fourth-order valence-electron chi connectivity index (χ4n) is 1.81. The lowest BCUT2D eigenvalue weighted by Gasteiger charge is -2.22. The van der Waals surface area contributed by atoms with Gasteiger partial charge in [0.15, 0.2) is 0 Å². The highest BCUT2D eigenvalue weighted by Crippen LogP contribution is 2.02. The summed E-state index contributed by atoms with van der Waals surface area (Å²) < 4.78 is 10.6. The number of rotatable bonds is 5. The third kappa shape index (κ3) is 4.20. The maximum Gasteiger partial charge on any atom is 0.222 e. The van der Waals surface area contributed by atoms with E-state index in [0.717, 1.165) is 25.3 Å². The van der Waals surface area contributed by atoms with Gasteiger partial charge < -0.3 is 19.8 Å². The van der Waals surface area contributed by atoms with Crippen LogP contribution in [0.5, 0.6) is 0 Å². The molecule has 1 aromatic rings. The van der Waals surface area contributed by atoms with Gasteiger partial charge in [0.25, 0.3) is 0 Å². The summed E-state index contributed by atoms with van der Waals surface area (Å²) in [5.41, 5.74) is 0. The van der Waals surface area contributed by atoms with E-state index < -0.39 is 0 Å². The van der Waals surface area contributed by atoms with Crippen molar-refractivity contribution in [3.8, 4) is 0 Å². The first-order valence-corrected chi connectivity index (χ1v) is 5.96. The molecule has 2 heterocycles. The van der Waals surface area contributed by atoms with Gasteiger partial charge in [-0.15, -0.1) is 0 Å². The molecule has 1 atom stereocenters. The van der Waals surface area contributed by atoms with Gasteiger partial charge in [-0.3, -0.25) is 4.79 Å². The molecule has 0 aliphatic carbocycles. The van der Waals surface area contributed by atoms with Crippen LogP contribution in [-0.2, 0) is 16.0 Å². The molecule has 5 heteroatoms. The predicted molar refractivity (Wildman–Crippen MR) is 62.6 cm³/mol. The predicted octanol–water partition coefficient (Wildman–Crippen LogP) is 0.317. The Bertz CT molecular complexity index is 332. The van der Waals surface area contributed by atoms with Crippen LogP contribution in [0.1, 0.15) is 12.2 Å². The van der Waals surface area contributed by atoms with Crippen molar-refractivity contribution in [2.24, 2.45) is 0 Å². The lowest BCUT2D eigenvalue weighted by Crippen LogP contribution is -2.41. The first-order valence-electron chi connectivity index (χ1n) is 5.96. The molecule has 2 N–H and O–H groups in total. The Morgan fingerprint density at radius 2 is 2.53 bits per heavy atom. The van der Waals surface area contributed by atoms with Crippen molar-refractivity contribution in [3.63, 3.8) is 0 Å². The zero-order chi connectivity index (χ0) is 11.9. The Morgan fingerprint density at radius 3 is 3.24 bits per heavy atom. The van der Waals surface area contributed by atoms with Crippen LogP contribution in [0.15, 0.2) is 22.8 Å². The third-order valence-corrected chi connectivity index (χ3v) is 2.69. The molecule has 1 aliphatic heterocycles. The first kappa shape index (κ1) is 12.1. The summed E-state index contributed by atoms with van der Waals surface area (Å²) in [6.07, 6.45) is 2.79. The Balaban J connectivity index is 1.60. The summed E-state index contributed by atoms with van der Waals surface area (Å²) in [6, 6.07) is 3.75. The van der Waals surface area contributed by atoms with Gasteiger partial charge in [0.05, 0.1) is 25.4 Å². The summed E-state index contributed by atoms with van der Waals surface area (Å²) in [5, 5.41) is 6.06. The van der Waals surface area contributed by atoms with E-state index in [1.807, 2.05) is 12.1 Å². The van der Waals surface area contributed by atoms with Crippen LogP contribution in [-0.4, -0.2) is 38.3 Å². The molecule has 1 fully saturated rings. The standard InChI is InChI=1S/C12H18N2O3/c15-12(8-11-9-13-5-7-17-11)14-4-3-10-2-1-6-16-10/h1-2,6,11,13H,3-5,7-9H2,(H,14,15). The lowest BCUT2D eigenvalue weighted by atomic mass is 10.2. The number of ether oxygens (including phenoxy) is 1. The summed E-state index contributed by atoms with van der Waals surface area (Å²) >= 11 is 0. The molecule has 94 valence electrons. The van der Waals surface area contributed by atoms with Crippen molar-refractivity contribution >= 4 is 5.91 Å². The van der Waals surface area contributed by atoms with Gasteiger partial charge in [-0.05, 0) is 12.1 Å². The van der Waals surface area contributed by atoms with Gasteiger partial charge in [0.1, 0.15) is 5.76 Å². The maximum atomic E-state index is 11.6. The van der Waals surface area contributed by atoms with Gasteiger partial charge >= 0.3 is 0 Å². The number of carbonyl (C=O) groups is 1. The van der Waals surface area contributed by atoms with Crippen molar-refractivity contribution in [1.82, 2.24) is 10.6 Å². The Labute approximate surface area is 101 Å². The van der Waals surface area contributed by atoms with Crippen molar-refractivity contribution < 1.29 is 13.9 Å². The van der Waals surface area contributed by atoms with Gasteiger partial charge in [0.2, 0.25) is 5.91 Å². The topological polar surface area (TPSA) is 63.5 Å². The van der Waals surface area contributed by atoms with E-state index in [0.29, 0.717) is 19.6 Å². The monoisotopic (exact) mass is 238 g/mol. The fraction of sp³-hybridized carbons (Fsp3) is 0.583. The highest BCUT2D eigenvalue weighted by atomic mass is 16.5. The quantitative estimate of drug-likeness (QED) is 0.775. The van der Waals surface area contributed by atoms with Crippen molar-refractivity contribution in [1.29, 1.82) is 0 Å². The first-order chi connectivity index (χ1) is 8.34. The molecule has 0 spiro atoms. The number of carbonyl (C=O) groups excluding carboxylic acids is 1. The van der Waals surface area contributed by atoms with Gasteiger partial charge in [-0.2, -0.15) is 0 Å². The Hall–Kier alpha value is -1.33. The van der Waals surface area contributed by atoms with Crippen LogP contribution in [0.2, 0.25) is 0 Å². The molecule has 5 nitrogen and oxygen atoms in total. The SMILES string of the molecule is O=C(CC1CNCCO1)NCCc1ccco1. The van der Waals surface area contributed by atoms with Gasteiger partial charge in [0, 0.05) is 26.1 Å². The zero-order valence-corrected chi connectivity index (χ0v) is 9.78. The molecule has 0 saturated carbocycles. The summed E-state index contributed by atoms with van der Waals surface area (Å²) in [6.45, 7) is 2.92. The second-order valence-electron chi connectivity index (χ2n) is 4.08. The minimum atomic E-state index is 0.00682. The Morgan fingerprint density at radius 1 is 1.59 bits per heavy atom. The molecule has 0 bridgehead atoms. The minimum Gasteiger partial charge on any atom is -0.469 e. The maximum absolute atomic E-state index is 11.6. The molecule has 0 radical (unpaired) electrons. The van der Waals surface area contributed by atoms with Crippen molar-refractivity contribution in [2.75, 3.05) is 26.2 Å². The highest BCUT2D eigenvalue weighted by Gasteiger charge is 2.16. The zero-order valence-electron chi connectivity index (χ0n) is 9.78. The molecule has 0 aromatic carbocycles. The molecule has 2 rings (SSSR count). The number of hydrogen-bond donors (Lipinski definition) is 2. The van der Waals surface area contributed by atoms with Crippen LogP contribution in [0.3, 0.4) is 0 Å². The molecule has 1 aliphatic rings. The average Bonchev–Trinajstić information content (AvgIpc) is 2.83. The van der Waals surface area contributed by atoms with Crippen LogP contribution >= 0.6 is 0 Å². The summed E-state index contributed by atoms with van der Waals surface area (Å²) in [5.74, 6) is 0.922. The molecule has 1 aromatic heterocycles. The van der Waals surface area contributed by atoms with Crippen LogP contribution in [0.25, 0.3) is 0 Å². The van der Waals surface area contributed by atoms with E-state index in [1.54, 1.807) is 6.26 Å². The number of hydrogen-bond acceptors (Lipinski definition) is 4. The van der Waals surface area contributed by atoms with Crippen molar-refractivity contribution in [2.45, 2.75) is 18.9 Å². The van der Waals surface area contributed by atoms with Crippen molar-refractivity contribution in [3.05, 3.63) is 24.2 Å². The number of furan rings is 1. The Kier molecular flexibility index (Phi) is 4.58. The molecule has 17 heavy (non-hydrogen) atoms. The summed E-state index contributed by atoms with van der Waals surface area (Å²) in [7, 11) is 0. The van der Waals surface area contributed by atoms with Crippen LogP contribution < -0.4 is 10.6 Å². The summed E-state index contributed by atoms with van der Waals surface area (Å²) in [4.78, 5) is 11.6. The number of morpholine rings is 1. The molecule has 1 unspecified atom stereocenters.